The maximum absolute atomic E-state index is 12.4. The number of carbonyl (C=O) groups excluding carboxylic acids is 1. The lowest BCUT2D eigenvalue weighted by Crippen LogP contribution is -2.03. The summed E-state index contributed by atoms with van der Waals surface area (Å²) >= 11 is 6.07. The third-order valence-corrected chi connectivity index (χ3v) is 3.59. The van der Waals surface area contributed by atoms with E-state index in [0.29, 0.717) is 21.8 Å². The van der Waals surface area contributed by atoms with Gasteiger partial charge in [0, 0.05) is 16.8 Å². The number of unbranched alkanes of at least 4 members (excludes halogenated alkanes) is 1. The second kappa shape index (κ2) is 6.58. The lowest BCUT2D eigenvalue weighted by Gasteiger charge is -2.06. The first-order chi connectivity index (χ1) is 9.61. The Labute approximate surface area is 124 Å². The fourth-order valence-electron chi connectivity index (χ4n) is 2.07. The molecule has 0 aliphatic rings. The number of benzene rings is 2. The fraction of sp³-hybridized carbons (Fsp3) is 0.235. The van der Waals surface area contributed by atoms with E-state index in [4.69, 9.17) is 17.3 Å². The second-order valence-corrected chi connectivity index (χ2v) is 5.28. The minimum absolute atomic E-state index is 0.0722. The molecule has 0 spiro atoms. The minimum Gasteiger partial charge on any atom is -0.399 e. The molecule has 104 valence electrons. The van der Waals surface area contributed by atoms with E-state index in [1.807, 2.05) is 24.3 Å². The van der Waals surface area contributed by atoms with E-state index in [-0.39, 0.29) is 5.78 Å². The van der Waals surface area contributed by atoms with E-state index in [0.717, 1.165) is 12.8 Å². The van der Waals surface area contributed by atoms with E-state index >= 15 is 0 Å². The van der Waals surface area contributed by atoms with Gasteiger partial charge in [-0.05, 0) is 36.6 Å². The lowest BCUT2D eigenvalue weighted by molar-refractivity contribution is 0.103. The zero-order valence-electron chi connectivity index (χ0n) is 11.5. The van der Waals surface area contributed by atoms with Gasteiger partial charge in [0.1, 0.15) is 0 Å². The summed E-state index contributed by atoms with van der Waals surface area (Å²) < 4.78 is 0. The topological polar surface area (TPSA) is 43.1 Å². The molecule has 0 radical (unpaired) electrons. The van der Waals surface area contributed by atoms with E-state index < -0.39 is 0 Å². The molecule has 0 aliphatic heterocycles. The molecule has 0 heterocycles. The summed E-state index contributed by atoms with van der Waals surface area (Å²) in [6.07, 6.45) is 3.38. The van der Waals surface area contributed by atoms with Gasteiger partial charge in [0.25, 0.3) is 0 Å². The Hall–Kier alpha value is -1.80. The first kappa shape index (κ1) is 14.6. The van der Waals surface area contributed by atoms with Crippen molar-refractivity contribution in [2.75, 3.05) is 5.73 Å². The number of nitrogen functional groups attached to an aromatic ring is 1. The minimum atomic E-state index is -0.0722. The molecule has 3 heteroatoms. The normalized spacial score (nSPS) is 10.5. The SMILES string of the molecule is CCCCc1ccc(C(=O)c2ccc(N)cc2Cl)cc1. The number of halogens is 1. The number of nitrogens with two attached hydrogens (primary N) is 1. The van der Waals surface area contributed by atoms with E-state index in [1.54, 1.807) is 18.2 Å². The molecule has 0 saturated carbocycles. The number of aryl methyl sites for hydroxylation is 1. The van der Waals surface area contributed by atoms with Crippen molar-refractivity contribution in [3.8, 4) is 0 Å². The fourth-order valence-corrected chi connectivity index (χ4v) is 2.35. The van der Waals surface area contributed by atoms with Crippen molar-refractivity contribution in [3.63, 3.8) is 0 Å². The molecule has 2 N–H and O–H groups in total. The monoisotopic (exact) mass is 287 g/mol. The number of rotatable bonds is 5. The van der Waals surface area contributed by atoms with Crippen molar-refractivity contribution in [2.45, 2.75) is 26.2 Å². The van der Waals surface area contributed by atoms with Crippen molar-refractivity contribution in [3.05, 3.63) is 64.2 Å². The first-order valence-corrected chi connectivity index (χ1v) is 7.18. The van der Waals surface area contributed by atoms with Gasteiger partial charge in [-0.15, -0.1) is 0 Å². The van der Waals surface area contributed by atoms with Gasteiger partial charge in [-0.3, -0.25) is 4.79 Å². The number of hydrogen-bond acceptors (Lipinski definition) is 2. The number of hydrogen-bond donors (Lipinski definition) is 1. The average Bonchev–Trinajstić information content (AvgIpc) is 2.45. The molecular weight excluding hydrogens is 270 g/mol. The number of carbonyl (C=O) groups is 1. The van der Waals surface area contributed by atoms with Crippen LogP contribution in [0.2, 0.25) is 5.02 Å². The van der Waals surface area contributed by atoms with Gasteiger partial charge in [0.2, 0.25) is 0 Å². The van der Waals surface area contributed by atoms with Gasteiger partial charge in [-0.25, -0.2) is 0 Å². The van der Waals surface area contributed by atoms with Gasteiger partial charge in [-0.1, -0.05) is 49.2 Å². The van der Waals surface area contributed by atoms with Crippen LogP contribution < -0.4 is 5.73 Å². The molecule has 2 nitrogen and oxygen atoms in total. The first-order valence-electron chi connectivity index (χ1n) is 6.80. The molecule has 0 aliphatic carbocycles. The molecule has 0 bridgehead atoms. The van der Waals surface area contributed by atoms with Gasteiger partial charge in [0.05, 0.1) is 5.02 Å². The lowest BCUT2D eigenvalue weighted by atomic mass is 10.00. The molecule has 0 saturated heterocycles. The average molecular weight is 288 g/mol. The maximum atomic E-state index is 12.4. The molecular formula is C17H18ClNO. The molecule has 0 fully saturated rings. The summed E-state index contributed by atoms with van der Waals surface area (Å²) in [4.78, 5) is 12.4. The molecule has 2 aromatic rings. The predicted molar refractivity (Wildman–Crippen MR) is 84.4 cm³/mol. The Kier molecular flexibility index (Phi) is 4.80. The quantitative estimate of drug-likeness (QED) is 0.650. The third kappa shape index (κ3) is 3.40. The summed E-state index contributed by atoms with van der Waals surface area (Å²) in [6.45, 7) is 2.17. The smallest absolute Gasteiger partial charge is 0.194 e. The Bertz CT molecular complexity index is 605. The summed E-state index contributed by atoms with van der Waals surface area (Å²) in [5, 5.41) is 0.394. The Balaban J connectivity index is 2.20. The molecule has 0 aromatic heterocycles. The summed E-state index contributed by atoms with van der Waals surface area (Å²) in [5.41, 5.74) is 8.59. The van der Waals surface area contributed by atoms with E-state index in [1.165, 1.54) is 12.0 Å². The van der Waals surface area contributed by atoms with Crippen molar-refractivity contribution < 1.29 is 4.79 Å². The highest BCUT2D eigenvalue weighted by atomic mass is 35.5. The Morgan fingerprint density at radius 2 is 1.85 bits per heavy atom. The Morgan fingerprint density at radius 3 is 2.45 bits per heavy atom. The standard InChI is InChI=1S/C17H18ClNO/c1-2-3-4-12-5-7-13(8-6-12)17(20)15-10-9-14(19)11-16(15)18/h5-11H,2-4,19H2,1H3. The van der Waals surface area contributed by atoms with Crippen LogP contribution in [0.5, 0.6) is 0 Å². The molecule has 2 aromatic carbocycles. The Morgan fingerprint density at radius 1 is 1.15 bits per heavy atom. The largest absolute Gasteiger partial charge is 0.399 e. The molecule has 2 rings (SSSR count). The third-order valence-electron chi connectivity index (χ3n) is 3.27. The predicted octanol–water partition coefficient (Wildman–Crippen LogP) is 4.50. The van der Waals surface area contributed by atoms with E-state index in [9.17, 15) is 4.79 Å². The van der Waals surface area contributed by atoms with Crippen LogP contribution in [0.25, 0.3) is 0 Å². The van der Waals surface area contributed by atoms with Gasteiger partial charge in [0.15, 0.2) is 5.78 Å². The van der Waals surface area contributed by atoms with Crippen molar-refractivity contribution in [1.82, 2.24) is 0 Å². The van der Waals surface area contributed by atoms with Crippen molar-refractivity contribution in [1.29, 1.82) is 0 Å². The zero-order chi connectivity index (χ0) is 14.5. The highest BCUT2D eigenvalue weighted by molar-refractivity contribution is 6.35. The number of anilines is 1. The van der Waals surface area contributed by atoms with Crippen molar-refractivity contribution >= 4 is 23.1 Å². The van der Waals surface area contributed by atoms with Crippen LogP contribution in [0.4, 0.5) is 5.69 Å². The van der Waals surface area contributed by atoms with Crippen LogP contribution in [0.15, 0.2) is 42.5 Å². The molecule has 20 heavy (non-hydrogen) atoms. The van der Waals surface area contributed by atoms with Crippen LogP contribution in [0.3, 0.4) is 0 Å². The van der Waals surface area contributed by atoms with Crippen LogP contribution in [0, 0.1) is 0 Å². The summed E-state index contributed by atoms with van der Waals surface area (Å²) in [7, 11) is 0. The molecule has 0 atom stereocenters. The van der Waals surface area contributed by atoms with E-state index in [2.05, 4.69) is 6.92 Å². The van der Waals surface area contributed by atoms with Crippen LogP contribution in [-0.4, -0.2) is 5.78 Å². The van der Waals surface area contributed by atoms with Gasteiger partial charge < -0.3 is 5.73 Å². The van der Waals surface area contributed by atoms with Crippen LogP contribution in [0.1, 0.15) is 41.3 Å². The number of ketones is 1. The maximum Gasteiger partial charge on any atom is 0.194 e. The summed E-state index contributed by atoms with van der Waals surface area (Å²) in [6, 6.07) is 12.7. The highest BCUT2D eigenvalue weighted by Gasteiger charge is 2.12. The zero-order valence-corrected chi connectivity index (χ0v) is 12.3. The molecule has 0 amide bonds. The van der Waals surface area contributed by atoms with Crippen LogP contribution in [-0.2, 0) is 6.42 Å². The van der Waals surface area contributed by atoms with Gasteiger partial charge >= 0.3 is 0 Å². The van der Waals surface area contributed by atoms with Crippen molar-refractivity contribution in [2.24, 2.45) is 0 Å². The highest BCUT2D eigenvalue weighted by Crippen LogP contribution is 2.22. The molecule has 0 unspecified atom stereocenters. The summed E-state index contributed by atoms with van der Waals surface area (Å²) in [5.74, 6) is -0.0722. The van der Waals surface area contributed by atoms with Gasteiger partial charge in [-0.2, -0.15) is 0 Å². The van der Waals surface area contributed by atoms with Crippen LogP contribution >= 0.6 is 11.6 Å². The second-order valence-electron chi connectivity index (χ2n) is 4.87.